The van der Waals surface area contributed by atoms with Crippen molar-refractivity contribution in [2.45, 2.75) is 31.5 Å². The SMILES string of the molecule is CC(C)(c1ccc(OC[C@@H](O)CCl)cc1)c1ccc(OC[C@@H](O)CCl)cc1. The lowest BCUT2D eigenvalue weighted by molar-refractivity contribution is 0.125. The minimum Gasteiger partial charge on any atom is -0.491 e. The van der Waals surface area contributed by atoms with Crippen LogP contribution in [0, 0.1) is 0 Å². The number of hydrogen-bond donors (Lipinski definition) is 2. The number of ether oxygens (including phenoxy) is 2. The van der Waals surface area contributed by atoms with Crippen LogP contribution in [-0.2, 0) is 5.41 Å². The Labute approximate surface area is 170 Å². The van der Waals surface area contributed by atoms with E-state index in [2.05, 4.69) is 13.8 Å². The zero-order valence-corrected chi connectivity index (χ0v) is 17.1. The van der Waals surface area contributed by atoms with Crippen LogP contribution in [0.1, 0.15) is 25.0 Å². The van der Waals surface area contributed by atoms with E-state index in [1.807, 2.05) is 48.5 Å². The molecule has 2 aromatic rings. The Balaban J connectivity index is 2.04. The summed E-state index contributed by atoms with van der Waals surface area (Å²) in [5.41, 5.74) is 2.07. The maximum absolute atomic E-state index is 9.47. The molecular weight excluding hydrogens is 387 g/mol. The number of benzene rings is 2. The average Bonchev–Trinajstić information content (AvgIpc) is 2.70. The van der Waals surface area contributed by atoms with Gasteiger partial charge in [-0.1, -0.05) is 38.1 Å². The van der Waals surface area contributed by atoms with Crippen molar-refractivity contribution in [1.29, 1.82) is 0 Å². The summed E-state index contributed by atoms with van der Waals surface area (Å²) in [6.45, 7) is 4.64. The lowest BCUT2D eigenvalue weighted by atomic mass is 9.78. The third kappa shape index (κ3) is 6.28. The van der Waals surface area contributed by atoms with Gasteiger partial charge in [-0.15, -0.1) is 23.2 Å². The average molecular weight is 413 g/mol. The zero-order chi connectivity index (χ0) is 19.9. The third-order valence-corrected chi connectivity index (χ3v) is 5.11. The van der Waals surface area contributed by atoms with Gasteiger partial charge in [-0.2, -0.15) is 0 Å². The third-order valence-electron chi connectivity index (χ3n) is 4.39. The summed E-state index contributed by atoms with van der Waals surface area (Å²) in [5, 5.41) is 18.9. The molecule has 27 heavy (non-hydrogen) atoms. The van der Waals surface area contributed by atoms with E-state index in [0.717, 1.165) is 11.1 Å². The summed E-state index contributed by atoms with van der Waals surface area (Å²) in [7, 11) is 0. The lowest BCUT2D eigenvalue weighted by Gasteiger charge is -2.26. The predicted octanol–water partition coefficient (Wildman–Crippen LogP) is 3.97. The van der Waals surface area contributed by atoms with Gasteiger partial charge in [-0.05, 0) is 35.4 Å². The molecule has 4 nitrogen and oxygen atoms in total. The number of halogens is 2. The summed E-state index contributed by atoms with van der Waals surface area (Å²) in [6.07, 6.45) is -1.34. The van der Waals surface area contributed by atoms with Gasteiger partial charge in [0.25, 0.3) is 0 Å². The van der Waals surface area contributed by atoms with Gasteiger partial charge in [0.2, 0.25) is 0 Å². The van der Waals surface area contributed by atoms with Crippen LogP contribution in [0.25, 0.3) is 0 Å². The molecule has 2 atom stereocenters. The van der Waals surface area contributed by atoms with Gasteiger partial charge in [-0.25, -0.2) is 0 Å². The largest absolute Gasteiger partial charge is 0.491 e. The van der Waals surface area contributed by atoms with Crippen molar-refractivity contribution < 1.29 is 19.7 Å². The monoisotopic (exact) mass is 412 g/mol. The summed E-state index contributed by atoms with van der Waals surface area (Å²) >= 11 is 11.1. The Morgan fingerprint density at radius 1 is 0.741 bits per heavy atom. The first-order valence-electron chi connectivity index (χ1n) is 8.81. The second kappa shape index (κ2) is 10.2. The Morgan fingerprint density at radius 3 is 1.37 bits per heavy atom. The molecule has 0 spiro atoms. The molecule has 0 radical (unpaired) electrons. The molecule has 0 unspecified atom stereocenters. The van der Waals surface area contributed by atoms with Gasteiger partial charge >= 0.3 is 0 Å². The fourth-order valence-corrected chi connectivity index (χ4v) is 2.75. The van der Waals surface area contributed by atoms with Crippen LogP contribution in [0.4, 0.5) is 0 Å². The fourth-order valence-electron chi connectivity index (χ4n) is 2.58. The first-order chi connectivity index (χ1) is 12.9. The van der Waals surface area contributed by atoms with Crippen molar-refractivity contribution in [2.24, 2.45) is 0 Å². The van der Waals surface area contributed by atoms with Crippen LogP contribution in [0.2, 0.25) is 0 Å². The molecule has 0 aliphatic heterocycles. The Bertz CT molecular complexity index is 627. The molecule has 0 aliphatic rings. The van der Waals surface area contributed by atoms with Gasteiger partial charge in [-0.3, -0.25) is 0 Å². The standard InChI is InChI=1S/C21H26Cl2O4/c1-21(2,15-3-7-19(8-4-15)26-13-17(24)11-22)16-5-9-20(10-6-16)27-14-18(25)12-23/h3-10,17-18,24-25H,11-14H2,1-2H3/t17-,18-/m0/s1. The van der Waals surface area contributed by atoms with E-state index in [0.29, 0.717) is 11.5 Å². The molecule has 2 N–H and O–H groups in total. The molecule has 2 aromatic carbocycles. The molecule has 0 aromatic heterocycles. The number of aliphatic hydroxyl groups excluding tert-OH is 2. The Morgan fingerprint density at radius 2 is 1.07 bits per heavy atom. The van der Waals surface area contributed by atoms with Gasteiger partial charge < -0.3 is 19.7 Å². The van der Waals surface area contributed by atoms with E-state index in [1.165, 1.54) is 0 Å². The molecule has 0 saturated carbocycles. The molecule has 0 bridgehead atoms. The highest BCUT2D eigenvalue weighted by atomic mass is 35.5. The molecule has 0 saturated heterocycles. The maximum atomic E-state index is 9.47. The van der Waals surface area contributed by atoms with Crippen LogP contribution in [0.3, 0.4) is 0 Å². The second-order valence-corrected chi connectivity index (χ2v) is 7.53. The van der Waals surface area contributed by atoms with E-state index >= 15 is 0 Å². The van der Waals surface area contributed by atoms with Crippen LogP contribution >= 0.6 is 23.2 Å². The van der Waals surface area contributed by atoms with Crippen molar-refractivity contribution in [1.82, 2.24) is 0 Å². The Hall–Kier alpha value is -1.46. The van der Waals surface area contributed by atoms with Crippen LogP contribution in [-0.4, -0.2) is 47.4 Å². The summed E-state index contributed by atoms with van der Waals surface area (Å²) in [6, 6.07) is 15.6. The summed E-state index contributed by atoms with van der Waals surface area (Å²) < 4.78 is 11.0. The van der Waals surface area contributed by atoms with E-state index < -0.39 is 12.2 Å². The smallest absolute Gasteiger partial charge is 0.119 e. The van der Waals surface area contributed by atoms with E-state index in [-0.39, 0.29) is 30.4 Å². The zero-order valence-electron chi connectivity index (χ0n) is 15.6. The quantitative estimate of drug-likeness (QED) is 0.579. The van der Waals surface area contributed by atoms with Crippen LogP contribution in [0.15, 0.2) is 48.5 Å². The minimum absolute atomic E-state index is 0.148. The number of hydrogen-bond acceptors (Lipinski definition) is 4. The molecular formula is C21H26Cl2O4. The van der Waals surface area contributed by atoms with Gasteiger partial charge in [0.1, 0.15) is 36.9 Å². The van der Waals surface area contributed by atoms with Gasteiger partial charge in [0.05, 0.1) is 11.8 Å². The van der Waals surface area contributed by atoms with Crippen molar-refractivity contribution in [3.8, 4) is 11.5 Å². The highest BCUT2D eigenvalue weighted by Crippen LogP contribution is 2.33. The first-order valence-corrected chi connectivity index (χ1v) is 9.88. The molecule has 0 amide bonds. The lowest BCUT2D eigenvalue weighted by Crippen LogP contribution is -2.20. The highest BCUT2D eigenvalue weighted by molar-refractivity contribution is 6.18. The number of rotatable bonds is 10. The molecule has 0 fully saturated rings. The molecule has 2 rings (SSSR count). The van der Waals surface area contributed by atoms with E-state index in [1.54, 1.807) is 0 Å². The van der Waals surface area contributed by atoms with Crippen molar-refractivity contribution in [3.63, 3.8) is 0 Å². The van der Waals surface area contributed by atoms with Crippen molar-refractivity contribution in [2.75, 3.05) is 25.0 Å². The normalized spacial score (nSPS) is 13.9. The molecule has 6 heteroatoms. The van der Waals surface area contributed by atoms with Crippen LogP contribution in [0.5, 0.6) is 11.5 Å². The fraction of sp³-hybridized carbons (Fsp3) is 0.429. The van der Waals surface area contributed by atoms with E-state index in [4.69, 9.17) is 32.7 Å². The van der Waals surface area contributed by atoms with Crippen LogP contribution < -0.4 is 9.47 Å². The van der Waals surface area contributed by atoms with Crippen molar-refractivity contribution in [3.05, 3.63) is 59.7 Å². The van der Waals surface area contributed by atoms with E-state index in [9.17, 15) is 10.2 Å². The van der Waals surface area contributed by atoms with Gasteiger partial charge in [0, 0.05) is 5.41 Å². The number of aliphatic hydroxyl groups is 2. The van der Waals surface area contributed by atoms with Crippen molar-refractivity contribution >= 4 is 23.2 Å². The second-order valence-electron chi connectivity index (χ2n) is 6.91. The number of alkyl halides is 2. The highest BCUT2D eigenvalue weighted by Gasteiger charge is 2.23. The van der Waals surface area contributed by atoms with Gasteiger partial charge in [0.15, 0.2) is 0 Å². The first kappa shape index (κ1) is 21.8. The molecule has 0 aliphatic carbocycles. The maximum Gasteiger partial charge on any atom is 0.119 e. The Kier molecular flexibility index (Phi) is 8.24. The summed E-state index contributed by atoms with van der Waals surface area (Å²) in [4.78, 5) is 0. The molecule has 0 heterocycles. The summed E-state index contributed by atoms with van der Waals surface area (Å²) in [5.74, 6) is 1.69. The molecule has 148 valence electrons. The topological polar surface area (TPSA) is 58.9 Å². The predicted molar refractivity (Wildman–Crippen MR) is 109 cm³/mol. The minimum atomic E-state index is -0.672.